The van der Waals surface area contributed by atoms with Gasteiger partial charge in [-0.05, 0) is 12.3 Å². The van der Waals surface area contributed by atoms with Crippen LogP contribution in [0.4, 0.5) is 5.82 Å². The Labute approximate surface area is 128 Å². The number of hydrogen-bond acceptors (Lipinski definition) is 3. The van der Waals surface area contributed by atoms with Crippen LogP contribution in [0.5, 0.6) is 0 Å². The molecule has 0 amide bonds. The molecule has 0 spiro atoms. The molecule has 0 aliphatic heterocycles. The first-order valence-corrected chi connectivity index (χ1v) is 8.31. The molecular weight excluding hydrogens is 260 g/mol. The van der Waals surface area contributed by atoms with Crippen LogP contribution >= 0.6 is 0 Å². The third-order valence-corrected chi connectivity index (χ3v) is 3.81. The molecule has 4 heteroatoms. The van der Waals surface area contributed by atoms with E-state index in [0.29, 0.717) is 5.92 Å². The van der Waals surface area contributed by atoms with Crippen LogP contribution < -0.4 is 5.32 Å². The Hall–Kier alpha value is -1.58. The molecule has 1 N–H and O–H groups in total. The van der Waals surface area contributed by atoms with Crippen molar-refractivity contribution in [2.45, 2.75) is 65.2 Å². The Morgan fingerprint density at radius 2 is 1.90 bits per heavy atom. The second kappa shape index (κ2) is 8.01. The van der Waals surface area contributed by atoms with E-state index in [4.69, 9.17) is 0 Å². The van der Waals surface area contributed by atoms with Crippen LogP contribution in [-0.4, -0.2) is 21.1 Å². The van der Waals surface area contributed by atoms with E-state index in [9.17, 15) is 0 Å². The van der Waals surface area contributed by atoms with Gasteiger partial charge in [0.05, 0.1) is 6.20 Å². The molecule has 116 valence electrons. The van der Waals surface area contributed by atoms with Gasteiger partial charge in [-0.25, -0.2) is 4.98 Å². The highest BCUT2D eigenvalue weighted by Crippen LogP contribution is 2.18. The molecule has 2 aromatic rings. The summed E-state index contributed by atoms with van der Waals surface area (Å²) in [6.07, 6.45) is 9.71. The average molecular weight is 288 g/mol. The van der Waals surface area contributed by atoms with E-state index in [-0.39, 0.29) is 0 Å². The Morgan fingerprint density at radius 3 is 2.67 bits per heavy atom. The number of fused-ring (bicyclic) bond motifs is 1. The van der Waals surface area contributed by atoms with Crippen LogP contribution in [0.1, 0.15) is 70.9 Å². The summed E-state index contributed by atoms with van der Waals surface area (Å²) in [7, 11) is 0. The molecular formula is C17H28N4. The summed E-state index contributed by atoms with van der Waals surface area (Å²) in [6.45, 7) is 7.61. The molecule has 0 radical (unpaired) electrons. The lowest BCUT2D eigenvalue weighted by molar-refractivity contribution is 0.616. The maximum Gasteiger partial charge on any atom is 0.157 e. The van der Waals surface area contributed by atoms with E-state index in [2.05, 4.69) is 42.2 Å². The monoisotopic (exact) mass is 288 g/mol. The Kier molecular flexibility index (Phi) is 6.03. The van der Waals surface area contributed by atoms with E-state index in [0.717, 1.165) is 23.7 Å². The van der Waals surface area contributed by atoms with Crippen LogP contribution in [0.2, 0.25) is 0 Å². The number of nitrogens with one attached hydrogen (secondary N) is 1. The van der Waals surface area contributed by atoms with Gasteiger partial charge in [0.1, 0.15) is 5.82 Å². The van der Waals surface area contributed by atoms with Crippen LogP contribution in [0.3, 0.4) is 0 Å². The van der Waals surface area contributed by atoms with E-state index in [1.165, 1.54) is 38.5 Å². The first kappa shape index (κ1) is 15.8. The minimum atomic E-state index is 0.430. The molecule has 0 unspecified atom stereocenters. The van der Waals surface area contributed by atoms with E-state index < -0.39 is 0 Å². The van der Waals surface area contributed by atoms with Gasteiger partial charge < -0.3 is 5.32 Å². The second-order valence-corrected chi connectivity index (χ2v) is 6.02. The molecule has 0 saturated carbocycles. The van der Waals surface area contributed by atoms with Gasteiger partial charge in [0.15, 0.2) is 5.65 Å². The fraction of sp³-hybridized carbons (Fsp3) is 0.647. The number of aromatic nitrogens is 3. The molecule has 0 aromatic carbocycles. The fourth-order valence-electron chi connectivity index (χ4n) is 2.48. The normalized spacial score (nSPS) is 11.4. The lowest BCUT2D eigenvalue weighted by Gasteiger charge is -2.12. The highest BCUT2D eigenvalue weighted by atomic mass is 15.3. The van der Waals surface area contributed by atoms with Crippen molar-refractivity contribution in [2.24, 2.45) is 0 Å². The molecule has 0 bridgehead atoms. The van der Waals surface area contributed by atoms with Crippen molar-refractivity contribution >= 4 is 11.5 Å². The molecule has 0 saturated heterocycles. The number of unbranched alkanes of at least 4 members (excludes halogenated alkanes) is 5. The zero-order chi connectivity index (χ0) is 15.1. The van der Waals surface area contributed by atoms with Crippen molar-refractivity contribution in [1.29, 1.82) is 0 Å². The summed E-state index contributed by atoms with van der Waals surface area (Å²) >= 11 is 0. The van der Waals surface area contributed by atoms with Gasteiger partial charge in [-0.2, -0.15) is 9.61 Å². The van der Waals surface area contributed by atoms with Gasteiger partial charge in [-0.3, -0.25) is 0 Å². The average Bonchev–Trinajstić information content (AvgIpc) is 2.94. The third kappa shape index (κ3) is 4.45. The lowest BCUT2D eigenvalue weighted by Crippen LogP contribution is -2.09. The fourth-order valence-corrected chi connectivity index (χ4v) is 2.48. The maximum atomic E-state index is 4.63. The van der Waals surface area contributed by atoms with Crippen molar-refractivity contribution in [1.82, 2.24) is 14.6 Å². The molecule has 2 aromatic heterocycles. The summed E-state index contributed by atoms with van der Waals surface area (Å²) in [5, 5.41) is 7.87. The topological polar surface area (TPSA) is 42.2 Å². The van der Waals surface area contributed by atoms with Gasteiger partial charge in [0.25, 0.3) is 0 Å². The van der Waals surface area contributed by atoms with Crippen molar-refractivity contribution in [2.75, 3.05) is 11.9 Å². The molecule has 4 nitrogen and oxygen atoms in total. The SMILES string of the molecule is CCCCCCCCNc1cc(C(C)C)nc2ccnn12. The molecule has 0 fully saturated rings. The number of nitrogens with zero attached hydrogens (tertiary/aromatic N) is 3. The summed E-state index contributed by atoms with van der Waals surface area (Å²) in [4.78, 5) is 4.63. The Morgan fingerprint density at radius 1 is 1.14 bits per heavy atom. The zero-order valence-corrected chi connectivity index (χ0v) is 13.6. The highest BCUT2D eigenvalue weighted by Gasteiger charge is 2.08. The Bertz CT molecular complexity index is 545. The smallest absolute Gasteiger partial charge is 0.157 e. The van der Waals surface area contributed by atoms with E-state index in [1.54, 1.807) is 0 Å². The van der Waals surface area contributed by atoms with Gasteiger partial charge in [-0.1, -0.05) is 52.9 Å². The third-order valence-electron chi connectivity index (χ3n) is 3.81. The predicted octanol–water partition coefficient (Wildman–Crippen LogP) is 4.63. The molecule has 2 rings (SSSR count). The summed E-state index contributed by atoms with van der Waals surface area (Å²) in [5.74, 6) is 1.49. The zero-order valence-electron chi connectivity index (χ0n) is 13.6. The van der Waals surface area contributed by atoms with E-state index in [1.807, 2.05) is 16.8 Å². The second-order valence-electron chi connectivity index (χ2n) is 6.02. The molecule has 0 aliphatic rings. The van der Waals surface area contributed by atoms with Gasteiger partial charge in [0.2, 0.25) is 0 Å². The first-order valence-electron chi connectivity index (χ1n) is 8.31. The van der Waals surface area contributed by atoms with Gasteiger partial charge >= 0.3 is 0 Å². The number of hydrogen-bond donors (Lipinski definition) is 1. The maximum absolute atomic E-state index is 4.63. The number of anilines is 1. The number of rotatable bonds is 9. The van der Waals surface area contributed by atoms with Crippen LogP contribution in [0, 0.1) is 0 Å². The minimum absolute atomic E-state index is 0.430. The van der Waals surface area contributed by atoms with Crippen molar-refractivity contribution in [3.63, 3.8) is 0 Å². The highest BCUT2D eigenvalue weighted by molar-refractivity contribution is 5.49. The largest absolute Gasteiger partial charge is 0.370 e. The van der Waals surface area contributed by atoms with Gasteiger partial charge in [0, 0.05) is 24.4 Å². The predicted molar refractivity (Wildman–Crippen MR) is 88.9 cm³/mol. The Balaban J connectivity index is 1.90. The van der Waals surface area contributed by atoms with Crippen molar-refractivity contribution in [3.8, 4) is 0 Å². The quantitative estimate of drug-likeness (QED) is 0.684. The van der Waals surface area contributed by atoms with Gasteiger partial charge in [-0.15, -0.1) is 0 Å². The van der Waals surface area contributed by atoms with Crippen LogP contribution in [0.25, 0.3) is 5.65 Å². The molecule has 21 heavy (non-hydrogen) atoms. The summed E-state index contributed by atoms with van der Waals surface area (Å²) < 4.78 is 1.89. The minimum Gasteiger partial charge on any atom is -0.370 e. The first-order chi connectivity index (χ1) is 10.2. The van der Waals surface area contributed by atoms with Crippen LogP contribution in [-0.2, 0) is 0 Å². The van der Waals surface area contributed by atoms with Crippen molar-refractivity contribution in [3.05, 3.63) is 24.0 Å². The molecule has 0 atom stereocenters. The van der Waals surface area contributed by atoms with E-state index >= 15 is 0 Å². The van der Waals surface area contributed by atoms with Crippen molar-refractivity contribution < 1.29 is 0 Å². The summed E-state index contributed by atoms with van der Waals surface area (Å²) in [5.41, 5.74) is 2.04. The van der Waals surface area contributed by atoms with Crippen LogP contribution in [0.15, 0.2) is 18.3 Å². The summed E-state index contributed by atoms with van der Waals surface area (Å²) in [6, 6.07) is 4.09. The molecule has 0 aliphatic carbocycles. The standard InChI is InChI=1S/C17H28N4/c1-4-5-6-7-8-9-11-18-17-13-15(14(2)3)20-16-10-12-19-21(16)17/h10,12-14,18H,4-9,11H2,1-3H3. The lowest BCUT2D eigenvalue weighted by atomic mass is 10.1. The molecule has 2 heterocycles.